The van der Waals surface area contributed by atoms with Crippen LogP contribution >= 0.6 is 0 Å². The summed E-state index contributed by atoms with van der Waals surface area (Å²) in [4.78, 5) is 14.6. The van der Waals surface area contributed by atoms with E-state index in [1.54, 1.807) is 15.3 Å². The topological polar surface area (TPSA) is 54.6 Å². The van der Waals surface area contributed by atoms with Crippen molar-refractivity contribution in [2.24, 2.45) is 5.92 Å². The van der Waals surface area contributed by atoms with Crippen molar-refractivity contribution in [2.75, 3.05) is 33.2 Å². The zero-order valence-corrected chi connectivity index (χ0v) is 12.5. The number of nitrogens with one attached hydrogen (secondary N) is 1. The molecule has 0 aliphatic carbocycles. The van der Waals surface area contributed by atoms with Gasteiger partial charge in [0.2, 0.25) is 0 Å². The predicted octanol–water partition coefficient (Wildman–Crippen LogP) is 0.427. The summed E-state index contributed by atoms with van der Waals surface area (Å²) >= 11 is 0. The molecule has 3 rings (SSSR count). The SMILES string of the molecule is CNCC1CCCN(CCn2nc3ccccn3c2=O)C1. The molecule has 1 atom stereocenters. The smallest absolute Gasteiger partial charge is 0.319 e. The molecule has 0 amide bonds. The van der Waals surface area contributed by atoms with Gasteiger partial charge in [0, 0.05) is 19.3 Å². The Morgan fingerprint density at radius 1 is 1.38 bits per heavy atom. The molecule has 21 heavy (non-hydrogen) atoms. The summed E-state index contributed by atoms with van der Waals surface area (Å²) in [5.41, 5.74) is 0.670. The van der Waals surface area contributed by atoms with E-state index in [1.165, 1.54) is 12.8 Å². The van der Waals surface area contributed by atoms with Gasteiger partial charge in [-0.05, 0) is 51.0 Å². The maximum absolute atomic E-state index is 12.2. The quantitative estimate of drug-likeness (QED) is 0.867. The van der Waals surface area contributed by atoms with Crippen LogP contribution in [0.1, 0.15) is 12.8 Å². The molecule has 1 fully saturated rings. The van der Waals surface area contributed by atoms with Crippen molar-refractivity contribution in [3.05, 3.63) is 34.9 Å². The fourth-order valence-corrected chi connectivity index (χ4v) is 3.16. The Bertz CT molecular complexity index is 645. The molecule has 0 radical (unpaired) electrons. The molecule has 6 heteroatoms. The van der Waals surface area contributed by atoms with Crippen LogP contribution in [0.3, 0.4) is 0 Å². The molecule has 1 unspecified atom stereocenters. The average Bonchev–Trinajstić information content (AvgIpc) is 2.83. The first-order chi connectivity index (χ1) is 10.3. The summed E-state index contributed by atoms with van der Waals surface area (Å²) in [5.74, 6) is 0.724. The highest BCUT2D eigenvalue weighted by molar-refractivity contribution is 5.35. The van der Waals surface area contributed by atoms with E-state index in [4.69, 9.17) is 0 Å². The van der Waals surface area contributed by atoms with Gasteiger partial charge in [-0.25, -0.2) is 9.48 Å². The van der Waals surface area contributed by atoms with Gasteiger partial charge < -0.3 is 10.2 Å². The molecule has 1 N–H and O–H groups in total. The second-order valence-electron chi connectivity index (χ2n) is 5.80. The Hall–Kier alpha value is -1.66. The van der Waals surface area contributed by atoms with Crippen molar-refractivity contribution in [3.8, 4) is 0 Å². The standard InChI is InChI=1S/C15H23N5O/c1-16-11-13-5-4-7-18(12-13)9-10-20-15(21)19-8-3-2-6-14(19)17-20/h2-3,6,8,13,16H,4-5,7,9-12H2,1H3. The van der Waals surface area contributed by atoms with Crippen LogP contribution in [0.25, 0.3) is 5.65 Å². The molecule has 1 aliphatic heterocycles. The van der Waals surface area contributed by atoms with E-state index in [-0.39, 0.29) is 5.69 Å². The number of nitrogens with zero attached hydrogens (tertiary/aromatic N) is 4. The summed E-state index contributed by atoms with van der Waals surface area (Å²) < 4.78 is 3.18. The molecule has 114 valence electrons. The van der Waals surface area contributed by atoms with Crippen LogP contribution in [0.15, 0.2) is 29.2 Å². The zero-order valence-electron chi connectivity index (χ0n) is 12.5. The molecule has 0 aromatic carbocycles. The largest absolute Gasteiger partial charge is 0.350 e. The van der Waals surface area contributed by atoms with E-state index in [0.29, 0.717) is 12.2 Å². The van der Waals surface area contributed by atoms with Crippen molar-refractivity contribution in [1.82, 2.24) is 24.4 Å². The average molecular weight is 289 g/mol. The number of hydrogen-bond acceptors (Lipinski definition) is 4. The lowest BCUT2D eigenvalue weighted by Gasteiger charge is -2.32. The van der Waals surface area contributed by atoms with E-state index in [0.717, 1.165) is 32.1 Å². The van der Waals surface area contributed by atoms with Gasteiger partial charge in [-0.2, -0.15) is 0 Å². The van der Waals surface area contributed by atoms with E-state index in [1.807, 2.05) is 25.2 Å². The van der Waals surface area contributed by atoms with Gasteiger partial charge in [0.25, 0.3) is 0 Å². The Morgan fingerprint density at radius 3 is 3.10 bits per heavy atom. The van der Waals surface area contributed by atoms with Gasteiger partial charge in [0.1, 0.15) is 0 Å². The van der Waals surface area contributed by atoms with Crippen LogP contribution in [-0.2, 0) is 6.54 Å². The molecule has 2 aromatic heterocycles. The number of fused-ring (bicyclic) bond motifs is 1. The van der Waals surface area contributed by atoms with E-state index < -0.39 is 0 Å². The highest BCUT2D eigenvalue weighted by Gasteiger charge is 2.19. The minimum atomic E-state index is -0.0469. The van der Waals surface area contributed by atoms with Gasteiger partial charge in [-0.1, -0.05) is 6.07 Å². The number of hydrogen-bond donors (Lipinski definition) is 1. The second kappa shape index (κ2) is 6.41. The number of pyridine rings is 1. The molecule has 6 nitrogen and oxygen atoms in total. The Kier molecular flexibility index (Phi) is 4.36. The fraction of sp³-hybridized carbons (Fsp3) is 0.600. The first-order valence-corrected chi connectivity index (χ1v) is 7.69. The molecule has 2 aromatic rings. The number of rotatable bonds is 5. The van der Waals surface area contributed by atoms with Crippen molar-refractivity contribution in [3.63, 3.8) is 0 Å². The molecule has 0 saturated carbocycles. The van der Waals surface area contributed by atoms with Crippen molar-refractivity contribution in [1.29, 1.82) is 0 Å². The molecular formula is C15H23N5O. The minimum Gasteiger partial charge on any atom is -0.319 e. The minimum absolute atomic E-state index is 0.0469. The summed E-state index contributed by atoms with van der Waals surface area (Å²) in [5, 5.41) is 7.64. The molecule has 0 spiro atoms. The van der Waals surface area contributed by atoms with E-state index in [9.17, 15) is 4.79 Å². The third kappa shape index (κ3) is 3.16. The maximum Gasteiger partial charge on any atom is 0.350 e. The van der Waals surface area contributed by atoms with Crippen LogP contribution in [0.4, 0.5) is 0 Å². The maximum atomic E-state index is 12.2. The Balaban J connectivity index is 1.63. The number of aromatic nitrogens is 3. The first kappa shape index (κ1) is 14.3. The summed E-state index contributed by atoms with van der Waals surface area (Å²) in [6.07, 6.45) is 4.31. The summed E-state index contributed by atoms with van der Waals surface area (Å²) in [6, 6.07) is 5.62. The summed E-state index contributed by atoms with van der Waals surface area (Å²) in [7, 11) is 2.01. The van der Waals surface area contributed by atoms with E-state index in [2.05, 4.69) is 15.3 Å². The van der Waals surface area contributed by atoms with Crippen LogP contribution in [0.2, 0.25) is 0 Å². The highest BCUT2D eigenvalue weighted by atomic mass is 16.2. The molecule has 1 saturated heterocycles. The van der Waals surface area contributed by atoms with Gasteiger partial charge in [-0.3, -0.25) is 4.40 Å². The van der Waals surface area contributed by atoms with Gasteiger partial charge in [0.05, 0.1) is 6.54 Å². The lowest BCUT2D eigenvalue weighted by Crippen LogP contribution is -2.41. The fourth-order valence-electron chi connectivity index (χ4n) is 3.16. The Morgan fingerprint density at radius 2 is 2.29 bits per heavy atom. The van der Waals surface area contributed by atoms with Gasteiger partial charge >= 0.3 is 5.69 Å². The molecule has 0 bridgehead atoms. The van der Waals surface area contributed by atoms with Crippen molar-refractivity contribution < 1.29 is 0 Å². The third-order valence-corrected chi connectivity index (χ3v) is 4.21. The van der Waals surface area contributed by atoms with Crippen LogP contribution in [0, 0.1) is 5.92 Å². The van der Waals surface area contributed by atoms with Gasteiger partial charge in [0.15, 0.2) is 5.65 Å². The van der Waals surface area contributed by atoms with Crippen molar-refractivity contribution in [2.45, 2.75) is 19.4 Å². The van der Waals surface area contributed by atoms with Crippen LogP contribution in [0.5, 0.6) is 0 Å². The lowest BCUT2D eigenvalue weighted by atomic mass is 9.98. The van der Waals surface area contributed by atoms with Crippen molar-refractivity contribution >= 4 is 5.65 Å². The number of likely N-dealkylation sites (tertiary alicyclic amines) is 1. The summed E-state index contributed by atoms with van der Waals surface area (Å²) in [6.45, 7) is 4.87. The molecular weight excluding hydrogens is 266 g/mol. The highest BCUT2D eigenvalue weighted by Crippen LogP contribution is 2.15. The first-order valence-electron chi connectivity index (χ1n) is 7.69. The van der Waals surface area contributed by atoms with Gasteiger partial charge in [-0.15, -0.1) is 5.10 Å². The van der Waals surface area contributed by atoms with Crippen LogP contribution < -0.4 is 11.0 Å². The second-order valence-corrected chi connectivity index (χ2v) is 5.80. The zero-order chi connectivity index (χ0) is 14.7. The molecule has 1 aliphatic rings. The monoisotopic (exact) mass is 289 g/mol. The van der Waals surface area contributed by atoms with E-state index >= 15 is 0 Å². The third-order valence-electron chi connectivity index (χ3n) is 4.21. The van der Waals surface area contributed by atoms with Crippen LogP contribution in [-0.4, -0.2) is 52.3 Å². The molecule has 3 heterocycles. The lowest BCUT2D eigenvalue weighted by molar-refractivity contribution is 0.166. The predicted molar refractivity (Wildman–Crippen MR) is 82.5 cm³/mol. The Labute approximate surface area is 124 Å². The number of piperidine rings is 1. The normalized spacial score (nSPS) is 20.1.